The zero-order valence-corrected chi connectivity index (χ0v) is 16.8. The third-order valence-corrected chi connectivity index (χ3v) is 6.14. The van der Waals surface area contributed by atoms with Crippen molar-refractivity contribution in [3.05, 3.63) is 0 Å². The molecule has 0 aromatic rings. The van der Waals surface area contributed by atoms with E-state index >= 15 is 0 Å². The minimum Gasteiger partial charge on any atom is -0.228 e. The van der Waals surface area contributed by atoms with Crippen molar-refractivity contribution in [1.29, 1.82) is 0 Å². The summed E-state index contributed by atoms with van der Waals surface area (Å²) in [5.41, 5.74) is 0. The number of unbranched alkanes of at least 4 members (excludes halogenated alkanes) is 12. The largest absolute Gasteiger partial charge is 0.228 e. The summed E-state index contributed by atoms with van der Waals surface area (Å²) in [6.45, 7) is 2.23. The Bertz CT molecular complexity index is 490. The molecular formula is C16H36N2O4S2. The van der Waals surface area contributed by atoms with Crippen molar-refractivity contribution in [1.82, 2.24) is 4.72 Å². The van der Waals surface area contributed by atoms with Crippen LogP contribution in [0, 0.1) is 0 Å². The summed E-state index contributed by atoms with van der Waals surface area (Å²) in [6.07, 6.45) is 15.4. The lowest BCUT2D eigenvalue weighted by Gasteiger charge is -2.05. The Morgan fingerprint density at radius 3 is 1.42 bits per heavy atom. The van der Waals surface area contributed by atoms with Crippen LogP contribution >= 0.6 is 0 Å². The molecule has 0 amide bonds. The highest BCUT2D eigenvalue weighted by atomic mass is 32.2. The number of sulfonamides is 2. The fourth-order valence-corrected chi connectivity index (χ4v) is 4.66. The van der Waals surface area contributed by atoms with Gasteiger partial charge in [0.25, 0.3) is 0 Å². The number of primary sulfonamides is 1. The SMILES string of the molecule is CCCCCCCCCCCCCCCS(=O)(=O)NCS(N)(=O)=O. The predicted molar refractivity (Wildman–Crippen MR) is 101 cm³/mol. The van der Waals surface area contributed by atoms with Crippen molar-refractivity contribution < 1.29 is 16.8 Å². The van der Waals surface area contributed by atoms with Crippen molar-refractivity contribution in [3.8, 4) is 0 Å². The molecular weight excluding hydrogens is 348 g/mol. The molecule has 146 valence electrons. The molecule has 3 N–H and O–H groups in total. The van der Waals surface area contributed by atoms with Crippen LogP contribution in [0.1, 0.15) is 90.4 Å². The van der Waals surface area contributed by atoms with Crippen molar-refractivity contribution in [2.75, 3.05) is 11.6 Å². The van der Waals surface area contributed by atoms with Gasteiger partial charge in [-0.05, 0) is 6.42 Å². The van der Waals surface area contributed by atoms with Crippen LogP contribution in [-0.2, 0) is 20.0 Å². The van der Waals surface area contributed by atoms with Gasteiger partial charge < -0.3 is 0 Å². The zero-order valence-electron chi connectivity index (χ0n) is 15.1. The molecule has 0 atom stereocenters. The molecule has 0 aliphatic rings. The first kappa shape index (κ1) is 23.8. The quantitative estimate of drug-likeness (QED) is 0.375. The van der Waals surface area contributed by atoms with Crippen LogP contribution in [0.15, 0.2) is 0 Å². The van der Waals surface area contributed by atoms with Gasteiger partial charge in [0.05, 0.1) is 5.75 Å². The molecule has 6 nitrogen and oxygen atoms in total. The van der Waals surface area contributed by atoms with Crippen LogP contribution in [0.3, 0.4) is 0 Å². The van der Waals surface area contributed by atoms with E-state index in [2.05, 4.69) is 6.92 Å². The summed E-state index contributed by atoms with van der Waals surface area (Å²) in [4.78, 5) is 0. The second-order valence-corrected chi connectivity index (χ2v) is 10.1. The predicted octanol–water partition coefficient (Wildman–Crippen LogP) is 3.24. The van der Waals surface area contributed by atoms with Crippen LogP contribution in [0.5, 0.6) is 0 Å². The Morgan fingerprint density at radius 2 is 1.04 bits per heavy atom. The van der Waals surface area contributed by atoms with Gasteiger partial charge in [-0.3, -0.25) is 0 Å². The van der Waals surface area contributed by atoms with E-state index in [1.807, 2.05) is 4.72 Å². The number of rotatable bonds is 17. The normalized spacial score (nSPS) is 12.6. The third-order valence-electron chi connectivity index (χ3n) is 4.00. The minimum absolute atomic E-state index is 0.0414. The van der Waals surface area contributed by atoms with E-state index < -0.39 is 25.9 Å². The highest BCUT2D eigenvalue weighted by Gasteiger charge is 2.12. The van der Waals surface area contributed by atoms with Gasteiger partial charge in [-0.1, -0.05) is 84.0 Å². The second-order valence-electron chi connectivity index (χ2n) is 6.51. The van der Waals surface area contributed by atoms with Crippen LogP contribution in [0.25, 0.3) is 0 Å². The molecule has 24 heavy (non-hydrogen) atoms. The van der Waals surface area contributed by atoms with Gasteiger partial charge in [0.2, 0.25) is 20.0 Å². The standard InChI is InChI=1S/C16H36N2O4S2/c1-2-3-4-5-6-7-8-9-10-11-12-13-14-15-24(21,22)18-16-23(17,19)20/h18H,2-16H2,1H3,(H2,17,19,20). The van der Waals surface area contributed by atoms with Gasteiger partial charge in [-0.15, -0.1) is 0 Å². The van der Waals surface area contributed by atoms with E-state index in [4.69, 9.17) is 5.14 Å². The lowest BCUT2D eigenvalue weighted by Crippen LogP contribution is -2.34. The van der Waals surface area contributed by atoms with Crippen molar-refractivity contribution in [2.45, 2.75) is 90.4 Å². The first-order valence-electron chi connectivity index (χ1n) is 9.24. The third kappa shape index (κ3) is 18.2. The highest BCUT2D eigenvalue weighted by molar-refractivity contribution is 7.92. The van der Waals surface area contributed by atoms with Gasteiger partial charge in [-0.2, -0.15) is 4.72 Å². The van der Waals surface area contributed by atoms with E-state index in [9.17, 15) is 16.8 Å². The molecule has 0 spiro atoms. The summed E-state index contributed by atoms with van der Waals surface area (Å²) in [5.74, 6) is -0.770. The zero-order chi connectivity index (χ0) is 18.3. The topological polar surface area (TPSA) is 106 Å². The minimum atomic E-state index is -3.80. The van der Waals surface area contributed by atoms with Crippen molar-refractivity contribution >= 4 is 20.0 Å². The highest BCUT2D eigenvalue weighted by Crippen LogP contribution is 2.12. The van der Waals surface area contributed by atoms with Crippen LogP contribution in [-0.4, -0.2) is 28.5 Å². The molecule has 0 aliphatic carbocycles. The lowest BCUT2D eigenvalue weighted by atomic mass is 10.1. The Labute approximate surface area is 149 Å². The van der Waals surface area contributed by atoms with Crippen molar-refractivity contribution in [3.63, 3.8) is 0 Å². The molecule has 0 aromatic carbocycles. The van der Waals surface area contributed by atoms with E-state index in [1.165, 1.54) is 57.8 Å². The first-order valence-corrected chi connectivity index (χ1v) is 12.6. The average molecular weight is 385 g/mol. The molecule has 0 bridgehead atoms. The fraction of sp³-hybridized carbons (Fsp3) is 1.00. The summed E-state index contributed by atoms with van der Waals surface area (Å²) < 4.78 is 46.5. The molecule has 0 fully saturated rings. The molecule has 0 saturated heterocycles. The Kier molecular flexibility index (Phi) is 13.9. The first-order chi connectivity index (χ1) is 11.3. The molecule has 0 heterocycles. The Morgan fingerprint density at radius 1 is 0.667 bits per heavy atom. The maximum absolute atomic E-state index is 11.5. The van der Waals surface area contributed by atoms with E-state index in [-0.39, 0.29) is 5.75 Å². The molecule has 0 saturated carbocycles. The molecule has 0 aromatic heterocycles. The van der Waals surface area contributed by atoms with Gasteiger partial charge in [0, 0.05) is 0 Å². The van der Waals surface area contributed by atoms with Gasteiger partial charge in [0.15, 0.2) is 0 Å². The molecule has 8 heteroatoms. The fourth-order valence-electron chi connectivity index (χ4n) is 2.55. The Hall–Kier alpha value is -0.180. The van der Waals surface area contributed by atoms with Gasteiger partial charge in [0.1, 0.15) is 5.88 Å². The van der Waals surface area contributed by atoms with E-state index in [0.29, 0.717) is 6.42 Å². The van der Waals surface area contributed by atoms with E-state index in [0.717, 1.165) is 19.3 Å². The molecule has 0 aliphatic heterocycles. The van der Waals surface area contributed by atoms with Gasteiger partial charge >= 0.3 is 0 Å². The summed E-state index contributed by atoms with van der Waals surface area (Å²) in [7, 11) is -7.34. The smallest absolute Gasteiger partial charge is 0.223 e. The summed E-state index contributed by atoms with van der Waals surface area (Å²) in [6, 6.07) is 0. The maximum atomic E-state index is 11.5. The Balaban J connectivity index is 3.38. The molecule has 0 radical (unpaired) electrons. The average Bonchev–Trinajstić information content (AvgIpc) is 2.49. The number of hydrogen-bond acceptors (Lipinski definition) is 4. The van der Waals surface area contributed by atoms with Crippen LogP contribution < -0.4 is 9.86 Å². The van der Waals surface area contributed by atoms with E-state index in [1.54, 1.807) is 0 Å². The van der Waals surface area contributed by atoms with Gasteiger partial charge in [-0.25, -0.2) is 22.0 Å². The summed E-state index contributed by atoms with van der Waals surface area (Å²) >= 11 is 0. The number of nitrogens with one attached hydrogen (secondary N) is 1. The van der Waals surface area contributed by atoms with Crippen molar-refractivity contribution in [2.24, 2.45) is 5.14 Å². The monoisotopic (exact) mass is 384 g/mol. The second kappa shape index (κ2) is 14.0. The lowest BCUT2D eigenvalue weighted by molar-refractivity contribution is 0.540. The number of hydrogen-bond donors (Lipinski definition) is 2. The maximum Gasteiger partial charge on any atom is 0.223 e. The van der Waals surface area contributed by atoms with Crippen LogP contribution in [0.2, 0.25) is 0 Å². The molecule has 0 unspecified atom stereocenters. The number of nitrogens with two attached hydrogens (primary N) is 1. The van der Waals surface area contributed by atoms with Crippen LogP contribution in [0.4, 0.5) is 0 Å². The molecule has 0 rings (SSSR count). The summed E-state index contributed by atoms with van der Waals surface area (Å²) in [5, 5.41) is 4.76.